The van der Waals surface area contributed by atoms with E-state index in [1.165, 1.54) is 19.2 Å². The molecule has 0 spiro atoms. The largest absolute Gasteiger partial charge is 0.383 e. The molecule has 1 aliphatic carbocycles. The standard InChI is InChI=1S/C21H25N7O/c1-12-18(20(22)25-11-24-12)19(28-27-15-5-3-4-6-15)17-9-13-7-8-14(21(29)23-2)10-16(13)26-17/h7-11,15,26-27H,3-6H2,1-2H3,(H,23,29)(H2,22,24,25)/b28-19-. The highest BCUT2D eigenvalue weighted by Gasteiger charge is 2.20. The number of H-pyrrole nitrogens is 1. The van der Waals surface area contributed by atoms with Crippen molar-refractivity contribution in [3.05, 3.63) is 53.1 Å². The zero-order valence-corrected chi connectivity index (χ0v) is 16.6. The van der Waals surface area contributed by atoms with Crippen LogP contribution in [0.5, 0.6) is 0 Å². The van der Waals surface area contributed by atoms with Gasteiger partial charge in [0.25, 0.3) is 5.91 Å². The fraction of sp³-hybridized carbons (Fsp3) is 0.333. The first kappa shape index (κ1) is 18.9. The number of hydrazone groups is 1. The number of nitrogens with two attached hydrogens (primary N) is 1. The first-order chi connectivity index (χ1) is 14.1. The quantitative estimate of drug-likeness (QED) is 0.393. The first-order valence-corrected chi connectivity index (χ1v) is 9.82. The van der Waals surface area contributed by atoms with E-state index in [1.54, 1.807) is 13.1 Å². The molecule has 3 aromatic rings. The summed E-state index contributed by atoms with van der Waals surface area (Å²) < 4.78 is 0. The minimum atomic E-state index is -0.128. The molecule has 0 bridgehead atoms. The van der Waals surface area contributed by atoms with Crippen LogP contribution in [0.25, 0.3) is 10.9 Å². The molecule has 1 saturated carbocycles. The molecule has 0 atom stereocenters. The van der Waals surface area contributed by atoms with Crippen molar-refractivity contribution >= 4 is 28.3 Å². The number of carbonyl (C=O) groups excluding carboxylic acids is 1. The van der Waals surface area contributed by atoms with E-state index in [4.69, 9.17) is 10.8 Å². The van der Waals surface area contributed by atoms with Crippen LogP contribution < -0.4 is 16.5 Å². The van der Waals surface area contributed by atoms with Crippen molar-refractivity contribution in [3.63, 3.8) is 0 Å². The third-order valence-corrected chi connectivity index (χ3v) is 5.38. The van der Waals surface area contributed by atoms with Crippen LogP contribution in [-0.4, -0.2) is 39.7 Å². The molecule has 5 N–H and O–H groups in total. The molecule has 0 unspecified atom stereocenters. The maximum absolute atomic E-state index is 12.0. The van der Waals surface area contributed by atoms with Crippen LogP contribution in [0.15, 0.2) is 35.7 Å². The van der Waals surface area contributed by atoms with Gasteiger partial charge in [0.1, 0.15) is 17.9 Å². The molecule has 4 rings (SSSR count). The van der Waals surface area contributed by atoms with Crippen LogP contribution >= 0.6 is 0 Å². The Morgan fingerprint density at radius 1 is 1.24 bits per heavy atom. The van der Waals surface area contributed by atoms with Crippen molar-refractivity contribution in [1.29, 1.82) is 0 Å². The zero-order chi connectivity index (χ0) is 20.4. The van der Waals surface area contributed by atoms with Crippen molar-refractivity contribution in [2.45, 2.75) is 38.6 Å². The van der Waals surface area contributed by atoms with Crippen LogP contribution in [0.4, 0.5) is 5.82 Å². The van der Waals surface area contributed by atoms with Crippen LogP contribution in [0, 0.1) is 6.92 Å². The molecular weight excluding hydrogens is 366 g/mol. The van der Waals surface area contributed by atoms with E-state index in [0.29, 0.717) is 28.7 Å². The van der Waals surface area contributed by atoms with Gasteiger partial charge in [-0.15, -0.1) is 0 Å². The van der Waals surface area contributed by atoms with Gasteiger partial charge in [-0.2, -0.15) is 5.10 Å². The smallest absolute Gasteiger partial charge is 0.251 e. The van der Waals surface area contributed by atoms with Gasteiger partial charge < -0.3 is 21.5 Å². The number of benzene rings is 1. The number of fused-ring (bicyclic) bond motifs is 1. The second-order valence-corrected chi connectivity index (χ2v) is 7.35. The van der Waals surface area contributed by atoms with Crippen molar-refractivity contribution < 1.29 is 4.79 Å². The Balaban J connectivity index is 1.80. The van der Waals surface area contributed by atoms with Crippen LogP contribution in [0.2, 0.25) is 0 Å². The number of aromatic nitrogens is 3. The van der Waals surface area contributed by atoms with Gasteiger partial charge in [-0.05, 0) is 38.0 Å². The van der Waals surface area contributed by atoms with Gasteiger partial charge in [-0.25, -0.2) is 9.97 Å². The SMILES string of the molecule is CNC(=O)c1ccc2cc(/C(=N/NC3CCCC3)c3c(C)ncnc3N)[nH]c2c1. The summed E-state index contributed by atoms with van der Waals surface area (Å²) in [5.74, 6) is 0.255. The number of nitrogens with zero attached hydrogens (tertiary/aromatic N) is 3. The topological polar surface area (TPSA) is 121 Å². The number of aromatic amines is 1. The molecule has 150 valence electrons. The molecular formula is C21H25N7O. The third-order valence-electron chi connectivity index (χ3n) is 5.38. The minimum Gasteiger partial charge on any atom is -0.383 e. The van der Waals surface area contributed by atoms with E-state index in [1.807, 2.05) is 25.1 Å². The first-order valence-electron chi connectivity index (χ1n) is 9.82. The van der Waals surface area contributed by atoms with E-state index < -0.39 is 0 Å². The highest BCUT2D eigenvalue weighted by Crippen LogP contribution is 2.23. The number of hydrogen-bond acceptors (Lipinski definition) is 6. The molecule has 1 fully saturated rings. The van der Waals surface area contributed by atoms with E-state index in [-0.39, 0.29) is 5.91 Å². The summed E-state index contributed by atoms with van der Waals surface area (Å²) in [4.78, 5) is 23.8. The minimum absolute atomic E-state index is 0.128. The van der Waals surface area contributed by atoms with Gasteiger partial charge in [-0.1, -0.05) is 18.9 Å². The second kappa shape index (κ2) is 7.90. The molecule has 2 aromatic heterocycles. The highest BCUT2D eigenvalue weighted by molar-refractivity contribution is 6.16. The lowest BCUT2D eigenvalue weighted by Crippen LogP contribution is -2.24. The van der Waals surface area contributed by atoms with Gasteiger partial charge in [0.15, 0.2) is 0 Å². The fourth-order valence-electron chi connectivity index (χ4n) is 3.79. The summed E-state index contributed by atoms with van der Waals surface area (Å²) in [6.07, 6.45) is 6.11. The molecule has 8 nitrogen and oxygen atoms in total. The van der Waals surface area contributed by atoms with E-state index in [0.717, 1.165) is 35.1 Å². The lowest BCUT2D eigenvalue weighted by molar-refractivity contribution is 0.0963. The number of carbonyl (C=O) groups is 1. The number of aryl methyl sites for hydroxylation is 1. The molecule has 0 aliphatic heterocycles. The van der Waals surface area contributed by atoms with Gasteiger partial charge in [0.2, 0.25) is 0 Å². The number of nitrogens with one attached hydrogen (secondary N) is 3. The van der Waals surface area contributed by atoms with Crippen molar-refractivity contribution in [2.24, 2.45) is 5.10 Å². The van der Waals surface area contributed by atoms with E-state index in [2.05, 4.69) is 25.7 Å². The molecule has 29 heavy (non-hydrogen) atoms. The summed E-state index contributed by atoms with van der Waals surface area (Å²) in [6.45, 7) is 1.89. The summed E-state index contributed by atoms with van der Waals surface area (Å²) in [5.41, 5.74) is 13.9. The van der Waals surface area contributed by atoms with E-state index in [9.17, 15) is 4.79 Å². The van der Waals surface area contributed by atoms with Crippen molar-refractivity contribution in [2.75, 3.05) is 12.8 Å². The Labute approximate surface area is 169 Å². The van der Waals surface area contributed by atoms with Gasteiger partial charge in [0.05, 0.1) is 17.0 Å². The Hall–Kier alpha value is -3.42. The van der Waals surface area contributed by atoms with Crippen molar-refractivity contribution in [3.8, 4) is 0 Å². The third kappa shape index (κ3) is 3.78. The van der Waals surface area contributed by atoms with Gasteiger partial charge >= 0.3 is 0 Å². The molecule has 1 aliphatic rings. The Morgan fingerprint density at radius 3 is 2.76 bits per heavy atom. The number of rotatable bonds is 5. The summed E-state index contributed by atoms with van der Waals surface area (Å²) >= 11 is 0. The van der Waals surface area contributed by atoms with Crippen molar-refractivity contribution in [1.82, 2.24) is 25.7 Å². The lowest BCUT2D eigenvalue weighted by Gasteiger charge is -2.13. The number of anilines is 1. The number of nitrogen functional groups attached to an aromatic ring is 1. The van der Waals surface area contributed by atoms with Crippen LogP contribution in [0.3, 0.4) is 0 Å². The van der Waals surface area contributed by atoms with Gasteiger partial charge in [-0.3, -0.25) is 4.79 Å². The molecule has 0 radical (unpaired) electrons. The summed E-state index contributed by atoms with van der Waals surface area (Å²) in [7, 11) is 1.62. The lowest BCUT2D eigenvalue weighted by atomic mass is 10.1. The predicted molar refractivity (Wildman–Crippen MR) is 114 cm³/mol. The Morgan fingerprint density at radius 2 is 2.03 bits per heavy atom. The average Bonchev–Trinajstić information content (AvgIpc) is 3.38. The van der Waals surface area contributed by atoms with Gasteiger partial charge in [0, 0.05) is 29.6 Å². The monoisotopic (exact) mass is 391 g/mol. The summed E-state index contributed by atoms with van der Waals surface area (Å²) in [5, 5.41) is 8.36. The normalized spacial score (nSPS) is 15.0. The Bertz CT molecular complexity index is 1060. The summed E-state index contributed by atoms with van der Waals surface area (Å²) in [6, 6.07) is 7.92. The van der Waals surface area contributed by atoms with E-state index >= 15 is 0 Å². The molecule has 2 heterocycles. The molecule has 8 heteroatoms. The molecule has 1 amide bonds. The zero-order valence-electron chi connectivity index (χ0n) is 16.6. The molecule has 0 saturated heterocycles. The Kier molecular flexibility index (Phi) is 5.16. The highest BCUT2D eigenvalue weighted by atomic mass is 16.1. The predicted octanol–water partition coefficient (Wildman–Crippen LogP) is 2.49. The maximum Gasteiger partial charge on any atom is 0.251 e. The second-order valence-electron chi connectivity index (χ2n) is 7.35. The molecule has 1 aromatic carbocycles. The number of hydrogen-bond donors (Lipinski definition) is 4. The fourth-order valence-corrected chi connectivity index (χ4v) is 3.79. The number of amides is 1. The average molecular weight is 391 g/mol. The van der Waals surface area contributed by atoms with Crippen LogP contribution in [0.1, 0.15) is 53.0 Å². The van der Waals surface area contributed by atoms with Crippen LogP contribution in [-0.2, 0) is 0 Å². The maximum atomic E-state index is 12.0.